The number of aryl methyl sites for hydroxylation is 1. The molecule has 6 heteroatoms. The number of hydrogen-bond donors (Lipinski definition) is 2. The Hall–Kier alpha value is -3.90. The van der Waals surface area contributed by atoms with E-state index < -0.39 is 12.0 Å². The maximum Gasteiger partial charge on any atom is 0.268 e. The number of primary amides is 1. The van der Waals surface area contributed by atoms with Gasteiger partial charge in [0.25, 0.3) is 5.91 Å². The number of imidazole rings is 1. The van der Waals surface area contributed by atoms with Crippen molar-refractivity contribution in [2.24, 2.45) is 5.73 Å². The molecule has 0 aliphatic heterocycles. The Bertz CT molecular complexity index is 1200. The van der Waals surface area contributed by atoms with Crippen molar-refractivity contribution in [2.45, 2.75) is 38.5 Å². The van der Waals surface area contributed by atoms with Gasteiger partial charge < -0.3 is 20.1 Å². The van der Waals surface area contributed by atoms with Gasteiger partial charge in [-0.15, -0.1) is 0 Å². The zero-order valence-corrected chi connectivity index (χ0v) is 19.0. The molecule has 1 aromatic heterocycles. The van der Waals surface area contributed by atoms with Crippen LogP contribution >= 0.6 is 0 Å². The lowest BCUT2D eigenvalue weighted by Gasteiger charge is -2.14. The number of aliphatic hydroxyl groups is 1. The van der Waals surface area contributed by atoms with Crippen molar-refractivity contribution in [1.82, 2.24) is 9.55 Å². The second-order valence-corrected chi connectivity index (χ2v) is 8.33. The first-order chi connectivity index (χ1) is 16.6. The third-order valence-electron chi connectivity index (χ3n) is 5.72. The lowest BCUT2D eigenvalue weighted by Crippen LogP contribution is -2.15. The fourth-order valence-corrected chi connectivity index (χ4v) is 3.89. The van der Waals surface area contributed by atoms with Gasteiger partial charge in [-0.2, -0.15) is 0 Å². The van der Waals surface area contributed by atoms with Gasteiger partial charge in [-0.1, -0.05) is 72.8 Å². The Morgan fingerprint density at radius 1 is 0.971 bits per heavy atom. The van der Waals surface area contributed by atoms with E-state index in [1.165, 1.54) is 17.5 Å². The fourth-order valence-electron chi connectivity index (χ4n) is 3.89. The molecule has 3 N–H and O–H groups in total. The van der Waals surface area contributed by atoms with Crippen molar-refractivity contribution >= 4 is 5.91 Å². The van der Waals surface area contributed by atoms with Crippen LogP contribution in [0.4, 0.5) is 0 Å². The number of nitrogens with zero attached hydrogens (tertiary/aromatic N) is 2. The van der Waals surface area contributed by atoms with Gasteiger partial charge in [0.05, 0.1) is 12.4 Å². The molecule has 1 atom stereocenters. The molecule has 4 rings (SSSR count). The molecule has 3 aromatic carbocycles. The van der Waals surface area contributed by atoms with Gasteiger partial charge in [0.1, 0.15) is 18.1 Å². The molecule has 0 spiro atoms. The molecular weight excluding hydrogens is 426 g/mol. The number of nitrogens with two attached hydrogens (primary N) is 1. The van der Waals surface area contributed by atoms with Crippen molar-refractivity contribution in [3.05, 3.63) is 108 Å². The highest BCUT2D eigenvalue weighted by molar-refractivity contribution is 5.90. The second-order valence-electron chi connectivity index (χ2n) is 8.33. The highest BCUT2D eigenvalue weighted by Gasteiger charge is 2.10. The molecular formula is C28H29N3O3. The third-order valence-corrected chi connectivity index (χ3v) is 5.72. The predicted molar refractivity (Wildman–Crippen MR) is 132 cm³/mol. The molecule has 0 bridgehead atoms. The Morgan fingerprint density at radius 3 is 2.41 bits per heavy atom. The number of carbonyl (C=O) groups is 1. The van der Waals surface area contributed by atoms with Crippen molar-refractivity contribution in [3.63, 3.8) is 0 Å². The van der Waals surface area contributed by atoms with Crippen molar-refractivity contribution in [3.8, 4) is 16.9 Å². The summed E-state index contributed by atoms with van der Waals surface area (Å²) in [7, 11) is 0. The maximum atomic E-state index is 11.2. The summed E-state index contributed by atoms with van der Waals surface area (Å²) in [4.78, 5) is 15.1. The summed E-state index contributed by atoms with van der Waals surface area (Å²) in [6, 6.07) is 26.8. The molecule has 0 fully saturated rings. The molecule has 1 heterocycles. The van der Waals surface area contributed by atoms with E-state index in [0.717, 1.165) is 29.7 Å². The minimum atomic E-state index is -0.572. The smallest absolute Gasteiger partial charge is 0.268 e. The molecule has 34 heavy (non-hydrogen) atoms. The number of rotatable bonds is 11. The minimum absolute atomic E-state index is 0.202. The summed E-state index contributed by atoms with van der Waals surface area (Å²) in [5, 5.41) is 10.4. The number of hydrogen-bond acceptors (Lipinski definition) is 4. The first kappa shape index (κ1) is 23.3. The first-order valence-electron chi connectivity index (χ1n) is 11.4. The molecule has 0 aliphatic rings. The number of carbonyl (C=O) groups excluding carboxylic acids is 1. The molecule has 0 saturated carbocycles. The average molecular weight is 456 g/mol. The first-order valence-corrected chi connectivity index (χ1v) is 11.4. The molecule has 1 amide bonds. The normalized spacial score (nSPS) is 11.8. The van der Waals surface area contributed by atoms with E-state index in [1.54, 1.807) is 10.8 Å². The zero-order chi connectivity index (χ0) is 23.8. The minimum Gasteiger partial charge on any atom is -0.489 e. The summed E-state index contributed by atoms with van der Waals surface area (Å²) in [6.07, 6.45) is 4.77. The Labute approximate surface area is 199 Å². The number of amides is 1. The number of para-hydroxylation sites is 1. The molecule has 1 unspecified atom stereocenters. The molecule has 0 aliphatic carbocycles. The quantitative estimate of drug-likeness (QED) is 0.346. The summed E-state index contributed by atoms with van der Waals surface area (Å²) in [6.45, 7) is 0.870. The summed E-state index contributed by atoms with van der Waals surface area (Å²) in [5.74, 6) is 0.293. The van der Waals surface area contributed by atoms with E-state index in [2.05, 4.69) is 47.4 Å². The van der Waals surface area contributed by atoms with Crippen LogP contribution in [0.3, 0.4) is 0 Å². The predicted octanol–water partition coefficient (Wildman–Crippen LogP) is 4.61. The van der Waals surface area contributed by atoms with Crippen LogP contribution in [0.15, 0.2) is 91.4 Å². The Morgan fingerprint density at radius 2 is 1.68 bits per heavy atom. The lowest BCUT2D eigenvalue weighted by molar-refractivity contribution is 0.0995. The lowest BCUT2D eigenvalue weighted by atomic mass is 10.0. The van der Waals surface area contributed by atoms with Gasteiger partial charge in [-0.05, 0) is 47.6 Å². The van der Waals surface area contributed by atoms with E-state index in [-0.39, 0.29) is 5.69 Å². The van der Waals surface area contributed by atoms with Crippen LogP contribution in [0.25, 0.3) is 11.1 Å². The largest absolute Gasteiger partial charge is 0.489 e. The van der Waals surface area contributed by atoms with Gasteiger partial charge in [0.2, 0.25) is 0 Å². The van der Waals surface area contributed by atoms with Crippen molar-refractivity contribution < 1.29 is 14.6 Å². The van der Waals surface area contributed by atoms with Gasteiger partial charge in [0.15, 0.2) is 0 Å². The molecule has 6 nitrogen and oxygen atoms in total. The number of benzene rings is 3. The summed E-state index contributed by atoms with van der Waals surface area (Å²) >= 11 is 0. The van der Waals surface area contributed by atoms with E-state index in [4.69, 9.17) is 10.5 Å². The second kappa shape index (κ2) is 11.3. The average Bonchev–Trinajstić information content (AvgIpc) is 3.33. The molecule has 4 aromatic rings. The van der Waals surface area contributed by atoms with E-state index in [1.807, 2.05) is 36.4 Å². The maximum absolute atomic E-state index is 11.2. The highest BCUT2D eigenvalue weighted by Crippen LogP contribution is 2.23. The van der Waals surface area contributed by atoms with Crippen LogP contribution in [0.1, 0.15) is 34.5 Å². The highest BCUT2D eigenvalue weighted by atomic mass is 16.5. The zero-order valence-electron chi connectivity index (χ0n) is 19.0. The molecule has 0 saturated heterocycles. The van der Waals surface area contributed by atoms with Crippen LogP contribution in [-0.2, 0) is 19.6 Å². The topological polar surface area (TPSA) is 90.4 Å². The van der Waals surface area contributed by atoms with Gasteiger partial charge >= 0.3 is 0 Å². The van der Waals surface area contributed by atoms with E-state index in [0.29, 0.717) is 19.6 Å². The summed E-state index contributed by atoms with van der Waals surface area (Å²) < 4.78 is 7.81. The van der Waals surface area contributed by atoms with Gasteiger partial charge in [0, 0.05) is 12.7 Å². The Balaban J connectivity index is 1.27. The van der Waals surface area contributed by atoms with Crippen LogP contribution in [0, 0.1) is 0 Å². The van der Waals surface area contributed by atoms with Crippen molar-refractivity contribution in [2.75, 3.05) is 0 Å². The third kappa shape index (κ3) is 6.33. The van der Waals surface area contributed by atoms with Crippen LogP contribution in [0.5, 0.6) is 5.75 Å². The standard InChI is InChI=1S/C28H29N3O3/c29-28(33)26-18-31(20-30-26)17-25(32)11-6-10-24-9-4-5-12-27(24)34-19-21-13-15-23(16-14-21)22-7-2-1-3-8-22/h1-5,7-9,12-16,18,20,25,32H,6,10-11,17,19H2,(H2,29,33). The number of ether oxygens (including phenoxy) is 1. The van der Waals surface area contributed by atoms with Crippen LogP contribution in [0.2, 0.25) is 0 Å². The fraction of sp³-hybridized carbons (Fsp3) is 0.214. The van der Waals surface area contributed by atoms with E-state index in [9.17, 15) is 9.90 Å². The number of aliphatic hydroxyl groups excluding tert-OH is 1. The van der Waals surface area contributed by atoms with Crippen molar-refractivity contribution in [1.29, 1.82) is 0 Å². The Kier molecular flexibility index (Phi) is 7.73. The molecule has 174 valence electrons. The van der Waals surface area contributed by atoms with Crippen LogP contribution < -0.4 is 10.5 Å². The van der Waals surface area contributed by atoms with Gasteiger partial charge in [-0.25, -0.2) is 4.98 Å². The SMILES string of the molecule is NC(=O)c1cn(CC(O)CCCc2ccccc2OCc2ccc(-c3ccccc3)cc2)cn1. The molecule has 0 radical (unpaired) electrons. The monoisotopic (exact) mass is 455 g/mol. The summed E-state index contributed by atoms with van der Waals surface area (Å²) in [5.41, 5.74) is 10.0. The van der Waals surface area contributed by atoms with Crippen LogP contribution in [-0.4, -0.2) is 26.7 Å². The van der Waals surface area contributed by atoms with Gasteiger partial charge in [-0.3, -0.25) is 4.79 Å². The van der Waals surface area contributed by atoms with E-state index >= 15 is 0 Å². The number of aromatic nitrogens is 2.